The monoisotopic (exact) mass is 787 g/mol. The standard InChI is InChI=1S/C58H52BN2/c1-7-8-10-17-36-24-31-52-50(32-36)59-54-47(33-44(37-18-11-9-12-19-37)53-43-30-25-38-20-13-14-21-41(38)55(43)61(52)56(53)54)46-34-49-45(42-22-15-16-23-48(42)58(49,5)6)35-51(46)60-40-28-26-39(27-29-40)57(2,3)4/h9,11-16,18-35,60H,7-8,10,17H2,1-6H3. The van der Waals surface area contributed by atoms with Crippen molar-refractivity contribution in [3.05, 3.63) is 174 Å². The molecule has 0 spiro atoms. The van der Waals surface area contributed by atoms with Crippen LogP contribution in [0, 0.1) is 0 Å². The average Bonchev–Trinajstić information content (AvgIpc) is 3.73. The normalized spacial score (nSPS) is 13.6. The Balaban J connectivity index is 1.25. The maximum absolute atomic E-state index is 4.02. The molecular weight excluding hydrogens is 735 g/mol. The quantitative estimate of drug-likeness (QED) is 0.120. The van der Waals surface area contributed by atoms with E-state index in [4.69, 9.17) is 0 Å². The van der Waals surface area contributed by atoms with E-state index in [0.29, 0.717) is 0 Å². The third kappa shape index (κ3) is 5.99. The molecule has 1 aromatic heterocycles. The molecule has 61 heavy (non-hydrogen) atoms. The minimum Gasteiger partial charge on any atom is -0.355 e. The van der Waals surface area contributed by atoms with Gasteiger partial charge in [-0.05, 0) is 116 Å². The van der Waals surface area contributed by atoms with E-state index in [9.17, 15) is 0 Å². The summed E-state index contributed by atoms with van der Waals surface area (Å²) in [6.45, 7) is 13.9. The number of aryl methyl sites for hydroxylation is 1. The molecule has 0 bridgehead atoms. The minimum atomic E-state index is -0.158. The van der Waals surface area contributed by atoms with Crippen LogP contribution in [0.1, 0.15) is 83.1 Å². The number of nitrogens with one attached hydrogen (secondary N) is 1. The van der Waals surface area contributed by atoms with Crippen LogP contribution in [0.15, 0.2) is 152 Å². The van der Waals surface area contributed by atoms with Gasteiger partial charge in [0.1, 0.15) is 0 Å². The zero-order valence-corrected chi connectivity index (χ0v) is 36.3. The zero-order valence-electron chi connectivity index (χ0n) is 36.3. The van der Waals surface area contributed by atoms with Crippen molar-refractivity contribution >= 4 is 62.2 Å². The Hall–Kier alpha value is -6.32. The molecule has 2 heterocycles. The Morgan fingerprint density at radius 2 is 1.38 bits per heavy atom. The summed E-state index contributed by atoms with van der Waals surface area (Å²) in [5.74, 6) is 0. The molecule has 11 rings (SSSR count). The summed E-state index contributed by atoms with van der Waals surface area (Å²) in [5, 5.41) is 9.15. The second-order valence-electron chi connectivity index (χ2n) is 19.1. The summed E-state index contributed by atoms with van der Waals surface area (Å²) in [6, 6.07) is 57.5. The van der Waals surface area contributed by atoms with Crippen molar-refractivity contribution in [2.24, 2.45) is 0 Å². The summed E-state index contributed by atoms with van der Waals surface area (Å²) in [5.41, 5.74) is 21.5. The predicted octanol–water partition coefficient (Wildman–Crippen LogP) is 14.3. The number of anilines is 2. The van der Waals surface area contributed by atoms with Crippen LogP contribution in [0.2, 0.25) is 0 Å². The summed E-state index contributed by atoms with van der Waals surface area (Å²) in [7, 11) is 2.52. The lowest BCUT2D eigenvalue weighted by Gasteiger charge is -2.27. The number of nitrogens with zero attached hydrogens (tertiary/aromatic N) is 1. The molecule has 1 N–H and O–H groups in total. The SMILES string of the molecule is CCCCCc1ccc2c(c1)[B]c1c(-c3cc4c(cc3Nc3ccc(C(C)(C)C)cc3)-c3ccccc3C4(C)C)cc(-c3ccccc3)c3c4ccc5ccccc5c4n-2c13. The summed E-state index contributed by atoms with van der Waals surface area (Å²) < 4.78 is 2.62. The summed E-state index contributed by atoms with van der Waals surface area (Å²) in [4.78, 5) is 0. The molecule has 1 aliphatic heterocycles. The lowest BCUT2D eigenvalue weighted by Crippen LogP contribution is -2.37. The molecule has 2 nitrogen and oxygen atoms in total. The van der Waals surface area contributed by atoms with E-state index in [0.717, 1.165) is 17.8 Å². The van der Waals surface area contributed by atoms with Gasteiger partial charge >= 0.3 is 0 Å². The van der Waals surface area contributed by atoms with Crippen molar-refractivity contribution in [1.82, 2.24) is 4.57 Å². The van der Waals surface area contributed by atoms with E-state index < -0.39 is 0 Å². The fraction of sp³-hybridized carbons (Fsp3) is 0.207. The van der Waals surface area contributed by atoms with Crippen molar-refractivity contribution in [2.75, 3.05) is 5.32 Å². The number of rotatable bonds is 8. The maximum atomic E-state index is 4.02. The molecule has 1 aliphatic carbocycles. The lowest BCUT2D eigenvalue weighted by atomic mass is 9.58. The van der Waals surface area contributed by atoms with Gasteiger partial charge in [-0.3, -0.25) is 0 Å². The van der Waals surface area contributed by atoms with Gasteiger partial charge in [-0.1, -0.05) is 175 Å². The first-order valence-electron chi connectivity index (χ1n) is 22.3. The van der Waals surface area contributed by atoms with Crippen LogP contribution in [0.3, 0.4) is 0 Å². The van der Waals surface area contributed by atoms with Crippen molar-refractivity contribution in [3.8, 4) is 39.1 Å². The summed E-state index contributed by atoms with van der Waals surface area (Å²) in [6.07, 6.45) is 4.77. The Bertz CT molecular complexity index is 3200. The smallest absolute Gasteiger partial charge is 0.197 e. The summed E-state index contributed by atoms with van der Waals surface area (Å²) >= 11 is 0. The Kier molecular flexibility index (Phi) is 8.73. The van der Waals surface area contributed by atoms with Crippen LogP contribution in [0.5, 0.6) is 0 Å². The minimum absolute atomic E-state index is 0.0737. The van der Waals surface area contributed by atoms with Gasteiger partial charge < -0.3 is 9.88 Å². The first kappa shape index (κ1) is 37.7. The van der Waals surface area contributed by atoms with Gasteiger partial charge in [0.25, 0.3) is 0 Å². The maximum Gasteiger partial charge on any atom is 0.197 e. The number of hydrogen-bond donors (Lipinski definition) is 1. The predicted molar refractivity (Wildman–Crippen MR) is 263 cm³/mol. The highest BCUT2D eigenvalue weighted by molar-refractivity contribution is 6.73. The van der Waals surface area contributed by atoms with E-state index in [1.165, 1.54) is 124 Å². The van der Waals surface area contributed by atoms with Crippen molar-refractivity contribution in [2.45, 2.75) is 78.1 Å². The number of hydrogen-bond acceptors (Lipinski definition) is 1. The molecule has 8 aromatic carbocycles. The van der Waals surface area contributed by atoms with E-state index in [1.54, 1.807) is 0 Å². The Morgan fingerprint density at radius 1 is 0.607 bits per heavy atom. The van der Waals surface area contributed by atoms with Crippen LogP contribution in [-0.2, 0) is 17.3 Å². The highest BCUT2D eigenvalue weighted by Gasteiger charge is 2.37. The van der Waals surface area contributed by atoms with Gasteiger partial charge in [-0.2, -0.15) is 0 Å². The Labute approximate surface area is 361 Å². The topological polar surface area (TPSA) is 17.0 Å². The highest BCUT2D eigenvalue weighted by atomic mass is 15.0. The van der Waals surface area contributed by atoms with E-state index >= 15 is 0 Å². The van der Waals surface area contributed by atoms with Crippen molar-refractivity contribution < 1.29 is 0 Å². The number of unbranched alkanes of at least 4 members (excludes halogenated alkanes) is 2. The van der Waals surface area contributed by atoms with Gasteiger partial charge in [-0.15, -0.1) is 0 Å². The molecule has 0 unspecified atom stereocenters. The zero-order chi connectivity index (χ0) is 41.6. The first-order chi connectivity index (χ1) is 29.6. The number of benzene rings is 8. The van der Waals surface area contributed by atoms with E-state index in [1.807, 2.05) is 0 Å². The van der Waals surface area contributed by atoms with Crippen LogP contribution in [0.25, 0.3) is 71.6 Å². The van der Waals surface area contributed by atoms with Gasteiger partial charge in [0.15, 0.2) is 7.28 Å². The molecule has 3 heteroatoms. The Morgan fingerprint density at radius 3 is 2.18 bits per heavy atom. The molecular formula is C58H52BN2. The first-order valence-corrected chi connectivity index (χ1v) is 22.3. The van der Waals surface area contributed by atoms with Crippen LogP contribution >= 0.6 is 0 Å². The number of fused-ring (bicyclic) bond motifs is 10. The molecule has 1 radical (unpaired) electrons. The van der Waals surface area contributed by atoms with E-state index in [2.05, 4.69) is 210 Å². The molecule has 297 valence electrons. The molecule has 0 amide bonds. The van der Waals surface area contributed by atoms with Crippen LogP contribution in [-0.4, -0.2) is 11.8 Å². The molecule has 9 aromatic rings. The third-order valence-electron chi connectivity index (χ3n) is 13.8. The molecule has 0 atom stereocenters. The molecule has 0 saturated carbocycles. The fourth-order valence-electron chi connectivity index (χ4n) is 10.6. The van der Waals surface area contributed by atoms with Gasteiger partial charge in [0.2, 0.25) is 0 Å². The second-order valence-corrected chi connectivity index (χ2v) is 19.1. The van der Waals surface area contributed by atoms with Gasteiger partial charge in [0.05, 0.1) is 5.52 Å². The molecule has 2 aliphatic rings. The third-order valence-corrected chi connectivity index (χ3v) is 13.8. The van der Waals surface area contributed by atoms with Crippen LogP contribution < -0.4 is 16.2 Å². The van der Waals surface area contributed by atoms with E-state index in [-0.39, 0.29) is 10.8 Å². The van der Waals surface area contributed by atoms with Crippen molar-refractivity contribution in [3.63, 3.8) is 0 Å². The largest absolute Gasteiger partial charge is 0.355 e. The van der Waals surface area contributed by atoms with Gasteiger partial charge in [-0.25, -0.2) is 0 Å². The van der Waals surface area contributed by atoms with Crippen molar-refractivity contribution in [1.29, 1.82) is 0 Å². The fourth-order valence-corrected chi connectivity index (χ4v) is 10.6. The highest BCUT2D eigenvalue weighted by Crippen LogP contribution is 2.52. The molecule has 0 fully saturated rings. The lowest BCUT2D eigenvalue weighted by molar-refractivity contribution is 0.590. The average molecular weight is 788 g/mol. The number of aromatic nitrogens is 1. The van der Waals surface area contributed by atoms with Crippen LogP contribution in [0.4, 0.5) is 11.4 Å². The molecule has 0 saturated heterocycles. The van der Waals surface area contributed by atoms with Gasteiger partial charge in [0, 0.05) is 49.7 Å². The second kappa shape index (κ2) is 14.1.